The number of hydrogen-bond acceptors (Lipinski definition) is 8. The Hall–Kier alpha value is -4.48. The molecule has 0 amide bonds. The molecule has 10 heteroatoms. The molecule has 1 heterocycles. The van der Waals surface area contributed by atoms with Gasteiger partial charge >= 0.3 is 0 Å². The van der Waals surface area contributed by atoms with Gasteiger partial charge in [-0.1, -0.05) is 66.7 Å². The summed E-state index contributed by atoms with van der Waals surface area (Å²) in [6, 6.07) is 31.5. The number of hydrogen-bond donors (Lipinski definition) is 4. The third-order valence-corrected chi connectivity index (χ3v) is 7.54. The highest BCUT2D eigenvalue weighted by molar-refractivity contribution is 7.92. The van der Waals surface area contributed by atoms with Crippen LogP contribution in [0.1, 0.15) is 22.8 Å². The summed E-state index contributed by atoms with van der Waals surface area (Å²) >= 11 is 0. The summed E-state index contributed by atoms with van der Waals surface area (Å²) in [4.78, 5) is 4.43. The molecule has 9 nitrogen and oxygen atoms in total. The van der Waals surface area contributed by atoms with E-state index in [2.05, 4.69) is 15.0 Å². The summed E-state index contributed by atoms with van der Waals surface area (Å²) < 4.78 is 38.4. The lowest BCUT2D eigenvalue weighted by Gasteiger charge is -2.21. The molecule has 0 aliphatic carbocycles. The normalized spacial score (nSPS) is 12.9. The van der Waals surface area contributed by atoms with Crippen molar-refractivity contribution in [2.45, 2.75) is 25.2 Å². The van der Waals surface area contributed by atoms with Gasteiger partial charge in [0.25, 0.3) is 0 Å². The Balaban J connectivity index is 1.18. The Morgan fingerprint density at radius 2 is 1.61 bits per heavy atom. The highest BCUT2D eigenvalue weighted by Gasteiger charge is 2.17. The quantitative estimate of drug-likeness (QED) is 0.134. The van der Waals surface area contributed by atoms with Gasteiger partial charge in [-0.2, -0.15) is 0 Å². The van der Waals surface area contributed by atoms with Crippen LogP contribution in [0.4, 0.5) is 5.69 Å². The fourth-order valence-electron chi connectivity index (χ4n) is 4.71. The van der Waals surface area contributed by atoms with Crippen molar-refractivity contribution in [3.63, 3.8) is 0 Å². The maximum atomic E-state index is 12.0. The van der Waals surface area contributed by atoms with E-state index in [1.54, 1.807) is 24.4 Å². The zero-order valence-corrected chi connectivity index (χ0v) is 25.1. The third kappa shape index (κ3) is 8.77. The molecule has 228 valence electrons. The van der Waals surface area contributed by atoms with Gasteiger partial charge in [0.15, 0.2) is 0 Å². The minimum atomic E-state index is -3.59. The molecule has 0 aliphatic rings. The van der Waals surface area contributed by atoms with E-state index in [1.165, 1.54) is 0 Å². The van der Waals surface area contributed by atoms with E-state index >= 15 is 0 Å². The van der Waals surface area contributed by atoms with Gasteiger partial charge < -0.3 is 25.0 Å². The van der Waals surface area contributed by atoms with Gasteiger partial charge in [-0.15, -0.1) is 0 Å². The molecule has 0 radical (unpaired) electrons. The summed E-state index contributed by atoms with van der Waals surface area (Å²) in [6.07, 6.45) is 2.31. The highest BCUT2D eigenvalue weighted by Crippen LogP contribution is 2.30. The summed E-state index contributed by atoms with van der Waals surface area (Å²) in [5, 5.41) is 25.1. The summed E-state index contributed by atoms with van der Waals surface area (Å²) in [7, 11) is -3.59. The number of aliphatic hydroxyl groups excluding tert-OH is 2. The van der Waals surface area contributed by atoms with Crippen LogP contribution in [0.3, 0.4) is 0 Å². The van der Waals surface area contributed by atoms with Crippen molar-refractivity contribution < 1.29 is 28.1 Å². The van der Waals surface area contributed by atoms with E-state index in [0.717, 1.165) is 28.3 Å². The minimum absolute atomic E-state index is 0.138. The lowest BCUT2D eigenvalue weighted by atomic mass is 10.0. The van der Waals surface area contributed by atoms with Crippen LogP contribution in [0.15, 0.2) is 109 Å². The molecule has 5 aromatic rings. The van der Waals surface area contributed by atoms with Crippen LogP contribution in [-0.4, -0.2) is 49.1 Å². The molecule has 0 saturated carbocycles. The predicted molar refractivity (Wildman–Crippen MR) is 171 cm³/mol. The van der Waals surface area contributed by atoms with Crippen molar-refractivity contribution in [1.82, 2.24) is 10.3 Å². The molecular weight excluding hydrogens is 578 g/mol. The Morgan fingerprint density at radius 3 is 2.36 bits per heavy atom. The molecule has 2 atom stereocenters. The van der Waals surface area contributed by atoms with Crippen LogP contribution in [-0.2, 0) is 23.1 Å². The van der Waals surface area contributed by atoms with E-state index in [9.17, 15) is 18.6 Å². The standard InChI is InChI=1S/C34H35N3O6S/c1-44(40,41)37-32-19-27(13-16-34(32)42-23-25-7-3-2-4-8-25)33(39)21-35-28(22-38)17-24-11-14-29(15-12-24)43-30-18-26-9-5-6-10-31(26)36-20-30/h2-16,18-20,28,33,35,37-39H,17,21-23H2,1H3/t28?,33-/m0/s1. The van der Waals surface area contributed by atoms with Gasteiger partial charge in [0.1, 0.15) is 23.9 Å². The number of benzene rings is 4. The molecule has 1 aromatic heterocycles. The first-order valence-corrected chi connectivity index (χ1v) is 16.1. The molecule has 4 N–H and O–H groups in total. The first kappa shape index (κ1) is 31.0. The molecule has 0 spiro atoms. The third-order valence-electron chi connectivity index (χ3n) is 6.95. The fraction of sp³-hybridized carbons (Fsp3) is 0.206. The number of nitrogens with zero attached hydrogens (tertiary/aromatic N) is 1. The van der Waals surface area contributed by atoms with Crippen LogP contribution in [0.25, 0.3) is 10.9 Å². The van der Waals surface area contributed by atoms with E-state index in [1.807, 2.05) is 84.9 Å². The Labute approximate surface area is 257 Å². The van der Waals surface area contributed by atoms with Crippen LogP contribution in [0.2, 0.25) is 0 Å². The van der Waals surface area contributed by atoms with E-state index in [-0.39, 0.29) is 31.5 Å². The Bertz CT molecular complexity index is 1780. The van der Waals surface area contributed by atoms with Crippen LogP contribution in [0, 0.1) is 0 Å². The Morgan fingerprint density at radius 1 is 0.864 bits per heavy atom. The number of aliphatic hydroxyl groups is 2. The number of fused-ring (bicyclic) bond motifs is 1. The van der Waals surface area contributed by atoms with Crippen molar-refractivity contribution in [2.75, 3.05) is 24.1 Å². The van der Waals surface area contributed by atoms with E-state index in [4.69, 9.17) is 9.47 Å². The van der Waals surface area contributed by atoms with Crippen molar-refractivity contribution in [3.8, 4) is 17.2 Å². The second-order valence-electron chi connectivity index (χ2n) is 10.5. The number of pyridine rings is 1. The number of sulfonamides is 1. The summed E-state index contributed by atoms with van der Waals surface area (Å²) in [5.41, 5.74) is 3.55. The van der Waals surface area contributed by atoms with Crippen molar-refractivity contribution in [3.05, 3.63) is 126 Å². The number of nitrogens with one attached hydrogen (secondary N) is 2. The van der Waals surface area contributed by atoms with Crippen molar-refractivity contribution >= 4 is 26.6 Å². The number of ether oxygens (including phenoxy) is 2. The van der Waals surface area contributed by atoms with Gasteiger partial charge in [0, 0.05) is 18.0 Å². The molecule has 1 unspecified atom stereocenters. The second-order valence-corrected chi connectivity index (χ2v) is 12.3. The van der Waals surface area contributed by atoms with Crippen molar-refractivity contribution in [1.29, 1.82) is 0 Å². The topological polar surface area (TPSA) is 130 Å². The number of para-hydroxylation sites is 1. The van der Waals surface area contributed by atoms with Gasteiger partial charge in [-0.3, -0.25) is 9.71 Å². The minimum Gasteiger partial charge on any atom is -0.487 e. The predicted octanol–water partition coefficient (Wildman–Crippen LogP) is 5.20. The highest BCUT2D eigenvalue weighted by atomic mass is 32.2. The average Bonchev–Trinajstić information content (AvgIpc) is 3.02. The van der Waals surface area contributed by atoms with E-state index < -0.39 is 16.1 Å². The fourth-order valence-corrected chi connectivity index (χ4v) is 5.27. The molecule has 4 aromatic carbocycles. The lowest BCUT2D eigenvalue weighted by molar-refractivity contribution is 0.158. The number of rotatable bonds is 14. The first-order valence-electron chi connectivity index (χ1n) is 14.2. The van der Waals surface area contributed by atoms with Crippen LogP contribution < -0.4 is 19.5 Å². The van der Waals surface area contributed by atoms with Gasteiger partial charge in [-0.25, -0.2) is 8.42 Å². The van der Waals surface area contributed by atoms with Crippen molar-refractivity contribution in [2.24, 2.45) is 0 Å². The van der Waals surface area contributed by atoms with Gasteiger partial charge in [-0.05, 0) is 59.5 Å². The van der Waals surface area contributed by atoms with Crippen LogP contribution in [0.5, 0.6) is 17.2 Å². The SMILES string of the molecule is CS(=O)(=O)Nc1cc([C@@H](O)CNC(CO)Cc2ccc(Oc3cnc4ccccc4c3)cc2)ccc1OCc1ccccc1. The molecule has 0 fully saturated rings. The van der Waals surface area contributed by atoms with Gasteiger partial charge in [0.2, 0.25) is 10.0 Å². The summed E-state index contributed by atoms with van der Waals surface area (Å²) in [5.74, 6) is 1.66. The van der Waals surface area contributed by atoms with Gasteiger partial charge in [0.05, 0.1) is 36.4 Å². The zero-order chi connectivity index (χ0) is 30.9. The first-order chi connectivity index (χ1) is 21.3. The van der Waals surface area contributed by atoms with E-state index in [0.29, 0.717) is 29.2 Å². The zero-order valence-electron chi connectivity index (χ0n) is 24.3. The molecular formula is C34H35N3O6S. The monoisotopic (exact) mass is 613 g/mol. The maximum Gasteiger partial charge on any atom is 0.229 e. The number of anilines is 1. The molecule has 0 bridgehead atoms. The maximum absolute atomic E-state index is 12.0. The number of aromatic nitrogens is 1. The molecule has 44 heavy (non-hydrogen) atoms. The Kier molecular flexibility index (Phi) is 10.1. The molecule has 0 saturated heterocycles. The summed E-state index contributed by atoms with van der Waals surface area (Å²) in [6.45, 7) is 0.263. The average molecular weight is 614 g/mol. The smallest absolute Gasteiger partial charge is 0.229 e. The largest absolute Gasteiger partial charge is 0.487 e. The molecule has 5 rings (SSSR count). The second kappa shape index (κ2) is 14.3. The molecule has 0 aliphatic heterocycles. The van der Waals surface area contributed by atoms with Crippen LogP contribution >= 0.6 is 0 Å². The lowest BCUT2D eigenvalue weighted by Crippen LogP contribution is -2.37.